The van der Waals surface area contributed by atoms with Crippen molar-refractivity contribution in [2.24, 2.45) is 0 Å². The van der Waals surface area contributed by atoms with Crippen molar-refractivity contribution in [1.82, 2.24) is 0 Å². The molecule has 0 N–H and O–H groups in total. The van der Waals surface area contributed by atoms with Gasteiger partial charge in [-0.2, -0.15) is 0 Å². The molecule has 1 heterocycles. The Morgan fingerprint density at radius 1 is 1.23 bits per heavy atom. The zero-order valence-electron chi connectivity index (χ0n) is 11.6. The van der Waals surface area contributed by atoms with E-state index in [0.717, 1.165) is 0 Å². The molecule has 2 aromatic carbocycles. The van der Waals surface area contributed by atoms with E-state index in [1.54, 1.807) is 30.3 Å². The first-order valence-corrected chi connectivity index (χ1v) is 7.30. The molecule has 0 aliphatic carbocycles. The third-order valence-electron chi connectivity index (χ3n) is 3.40. The second kappa shape index (κ2) is 5.63. The van der Waals surface area contributed by atoms with Gasteiger partial charge in [-0.15, -0.1) is 0 Å². The third kappa shape index (κ3) is 2.56. The fraction of sp³-hybridized carbons (Fsp3) is 0.125. The summed E-state index contributed by atoms with van der Waals surface area (Å²) in [6, 6.07) is 9.93. The standard InChI is InChI=1S/C16H11Cl2NO3/c1-9(20)19-8-10-6-11(17)7-13(18)15(10)22-16(21)12-4-2-3-5-14(12)19/h2-7H,8H2,1H3. The third-order valence-corrected chi connectivity index (χ3v) is 3.90. The van der Waals surface area contributed by atoms with E-state index in [0.29, 0.717) is 21.8 Å². The normalized spacial score (nSPS) is 13.6. The average Bonchev–Trinajstić information content (AvgIpc) is 2.46. The molecule has 0 fully saturated rings. The molecule has 0 atom stereocenters. The van der Waals surface area contributed by atoms with Gasteiger partial charge >= 0.3 is 5.97 Å². The van der Waals surface area contributed by atoms with E-state index in [9.17, 15) is 9.59 Å². The Balaban J connectivity index is 2.22. The predicted molar refractivity (Wildman–Crippen MR) is 84.7 cm³/mol. The maximum Gasteiger partial charge on any atom is 0.345 e. The van der Waals surface area contributed by atoms with Crippen molar-refractivity contribution in [2.75, 3.05) is 4.90 Å². The van der Waals surface area contributed by atoms with Crippen LogP contribution in [0.5, 0.6) is 5.75 Å². The van der Waals surface area contributed by atoms with Gasteiger partial charge in [0.05, 0.1) is 22.8 Å². The minimum Gasteiger partial charge on any atom is -0.421 e. The van der Waals surface area contributed by atoms with E-state index in [1.165, 1.54) is 17.9 Å². The number of nitrogens with zero attached hydrogens (tertiary/aromatic N) is 1. The Kier molecular flexibility index (Phi) is 3.81. The van der Waals surface area contributed by atoms with Crippen LogP contribution in [0.1, 0.15) is 22.8 Å². The number of esters is 1. The summed E-state index contributed by atoms with van der Waals surface area (Å²) in [5, 5.41) is 0.649. The molecule has 0 saturated heterocycles. The first-order valence-electron chi connectivity index (χ1n) is 6.54. The van der Waals surface area contributed by atoms with Crippen molar-refractivity contribution in [3.8, 4) is 5.75 Å². The number of hydrogen-bond donors (Lipinski definition) is 0. The van der Waals surface area contributed by atoms with Gasteiger partial charge in [-0.25, -0.2) is 4.79 Å². The number of benzene rings is 2. The van der Waals surface area contributed by atoms with Crippen molar-refractivity contribution in [1.29, 1.82) is 0 Å². The molecule has 0 unspecified atom stereocenters. The highest BCUT2D eigenvalue weighted by atomic mass is 35.5. The average molecular weight is 336 g/mol. The van der Waals surface area contributed by atoms with Crippen molar-refractivity contribution in [3.63, 3.8) is 0 Å². The number of halogens is 2. The van der Waals surface area contributed by atoms with Crippen molar-refractivity contribution in [2.45, 2.75) is 13.5 Å². The van der Waals surface area contributed by atoms with Gasteiger partial charge in [0.1, 0.15) is 0 Å². The van der Waals surface area contributed by atoms with Gasteiger partial charge in [-0.1, -0.05) is 35.3 Å². The van der Waals surface area contributed by atoms with E-state index in [-0.39, 0.29) is 23.2 Å². The summed E-state index contributed by atoms with van der Waals surface area (Å²) in [4.78, 5) is 25.9. The summed E-state index contributed by atoms with van der Waals surface area (Å²) in [5.74, 6) is -0.520. The number of para-hydroxylation sites is 1. The van der Waals surface area contributed by atoms with Crippen LogP contribution < -0.4 is 9.64 Å². The molecular weight excluding hydrogens is 325 g/mol. The number of carbonyl (C=O) groups is 2. The lowest BCUT2D eigenvalue weighted by Gasteiger charge is -2.27. The maximum absolute atomic E-state index is 12.4. The smallest absolute Gasteiger partial charge is 0.345 e. The van der Waals surface area contributed by atoms with Crippen LogP contribution in [0.25, 0.3) is 0 Å². The van der Waals surface area contributed by atoms with Gasteiger partial charge in [0, 0.05) is 17.5 Å². The minimum atomic E-state index is -0.563. The lowest BCUT2D eigenvalue weighted by molar-refractivity contribution is -0.116. The number of amides is 1. The summed E-state index contributed by atoms with van der Waals surface area (Å²) in [6.07, 6.45) is 0. The molecule has 1 aliphatic rings. The summed E-state index contributed by atoms with van der Waals surface area (Å²) >= 11 is 12.1. The van der Waals surface area contributed by atoms with Crippen LogP contribution in [0.4, 0.5) is 5.69 Å². The molecule has 0 aromatic heterocycles. The molecular formula is C16H11Cl2NO3. The summed E-state index contributed by atoms with van der Waals surface area (Å²) in [7, 11) is 0. The van der Waals surface area contributed by atoms with E-state index in [2.05, 4.69) is 0 Å². The van der Waals surface area contributed by atoms with Crippen molar-refractivity contribution in [3.05, 3.63) is 57.6 Å². The molecule has 2 aromatic rings. The van der Waals surface area contributed by atoms with Crippen LogP contribution in [0.15, 0.2) is 36.4 Å². The molecule has 4 nitrogen and oxygen atoms in total. The van der Waals surface area contributed by atoms with Gasteiger partial charge in [0.2, 0.25) is 5.91 Å². The second-order valence-corrected chi connectivity index (χ2v) is 5.73. The molecule has 112 valence electrons. The molecule has 1 amide bonds. The fourth-order valence-corrected chi connectivity index (χ4v) is 2.99. The largest absolute Gasteiger partial charge is 0.421 e. The van der Waals surface area contributed by atoms with Crippen LogP contribution in [0.2, 0.25) is 10.0 Å². The van der Waals surface area contributed by atoms with E-state index in [1.807, 2.05) is 0 Å². The molecule has 0 saturated carbocycles. The lowest BCUT2D eigenvalue weighted by Crippen LogP contribution is -2.32. The SMILES string of the molecule is CC(=O)N1Cc2cc(Cl)cc(Cl)c2OC(=O)c2ccccc21. The second-order valence-electron chi connectivity index (χ2n) is 4.89. The fourth-order valence-electron chi connectivity index (χ4n) is 2.41. The first-order chi connectivity index (χ1) is 10.5. The van der Waals surface area contributed by atoms with Crippen LogP contribution in [-0.4, -0.2) is 11.9 Å². The first kappa shape index (κ1) is 14.9. The lowest BCUT2D eigenvalue weighted by atomic mass is 10.1. The van der Waals surface area contributed by atoms with Crippen molar-refractivity contribution < 1.29 is 14.3 Å². The van der Waals surface area contributed by atoms with Gasteiger partial charge in [-0.05, 0) is 24.3 Å². The number of anilines is 1. The van der Waals surface area contributed by atoms with Crippen LogP contribution >= 0.6 is 23.2 Å². The van der Waals surface area contributed by atoms with Crippen LogP contribution in [-0.2, 0) is 11.3 Å². The predicted octanol–water partition coefficient (Wildman–Crippen LogP) is 4.08. The quantitative estimate of drug-likeness (QED) is 0.538. The van der Waals surface area contributed by atoms with E-state index in [4.69, 9.17) is 27.9 Å². The molecule has 1 aliphatic heterocycles. The highest BCUT2D eigenvalue weighted by molar-refractivity contribution is 6.35. The van der Waals surface area contributed by atoms with Crippen LogP contribution in [0.3, 0.4) is 0 Å². The Hall–Kier alpha value is -2.04. The maximum atomic E-state index is 12.4. The number of hydrogen-bond acceptors (Lipinski definition) is 3. The van der Waals surface area contributed by atoms with Gasteiger partial charge < -0.3 is 9.64 Å². The van der Waals surface area contributed by atoms with Gasteiger partial charge in [0.15, 0.2) is 5.75 Å². The highest BCUT2D eigenvalue weighted by Crippen LogP contribution is 2.37. The molecule has 0 radical (unpaired) electrons. The summed E-state index contributed by atoms with van der Waals surface area (Å²) in [6.45, 7) is 1.66. The summed E-state index contributed by atoms with van der Waals surface area (Å²) in [5.41, 5.74) is 1.40. The number of carbonyl (C=O) groups excluding carboxylic acids is 2. The Labute approximate surface area is 137 Å². The highest BCUT2D eigenvalue weighted by Gasteiger charge is 2.27. The molecule has 6 heteroatoms. The van der Waals surface area contributed by atoms with Crippen LogP contribution in [0, 0.1) is 0 Å². The molecule has 22 heavy (non-hydrogen) atoms. The zero-order valence-corrected chi connectivity index (χ0v) is 13.1. The number of rotatable bonds is 0. The topological polar surface area (TPSA) is 46.6 Å². The van der Waals surface area contributed by atoms with E-state index >= 15 is 0 Å². The van der Waals surface area contributed by atoms with Crippen molar-refractivity contribution >= 4 is 40.8 Å². The molecule has 3 rings (SSSR count). The van der Waals surface area contributed by atoms with E-state index < -0.39 is 5.97 Å². The Bertz CT molecular complexity index is 789. The molecule has 0 spiro atoms. The summed E-state index contributed by atoms with van der Waals surface area (Å²) < 4.78 is 5.41. The zero-order chi connectivity index (χ0) is 15.9. The minimum absolute atomic E-state index is 0.191. The van der Waals surface area contributed by atoms with Gasteiger partial charge in [0.25, 0.3) is 0 Å². The number of fused-ring (bicyclic) bond motifs is 2. The number of ether oxygens (including phenoxy) is 1. The Morgan fingerprint density at radius 2 is 1.95 bits per heavy atom. The monoisotopic (exact) mass is 335 g/mol. The van der Waals surface area contributed by atoms with Gasteiger partial charge in [-0.3, -0.25) is 4.79 Å². The Morgan fingerprint density at radius 3 is 2.68 bits per heavy atom. The molecule has 0 bridgehead atoms.